The number of sulfonamides is 2. The zero-order valence-corrected chi connectivity index (χ0v) is 76.2. The summed E-state index contributed by atoms with van der Waals surface area (Å²) in [6, 6.07) is 48.7. The zero-order valence-electron chi connectivity index (χ0n) is 73.1. The Morgan fingerprint density at radius 1 is 0.562 bits per heavy atom. The number of imidazole rings is 1. The van der Waals surface area contributed by atoms with Gasteiger partial charge in [-0.05, 0) is 136 Å². The molecule has 1 aromatic heterocycles. The maximum atomic E-state index is 14.1. The lowest BCUT2D eigenvalue weighted by Gasteiger charge is -2.25. The van der Waals surface area contributed by atoms with E-state index in [-0.39, 0.29) is 85.8 Å². The van der Waals surface area contributed by atoms with Gasteiger partial charge in [-0.1, -0.05) is 210 Å². The van der Waals surface area contributed by atoms with Gasteiger partial charge in [-0.15, -0.1) is 0 Å². The number of nitrogens with one attached hydrogen (secondary N) is 4. The number of aromatic nitrogens is 2. The highest BCUT2D eigenvalue weighted by Crippen LogP contribution is 2.50. The summed E-state index contributed by atoms with van der Waals surface area (Å²) < 4.78 is 72.0. The number of likely N-dealkylation sites (tertiary alicyclic amines) is 1. The fourth-order valence-electron chi connectivity index (χ4n) is 14.6. The molecule has 8 amide bonds. The fraction of sp³-hybridized carbons (Fsp3) is 0.347. The molecule has 3 fully saturated rings. The quantitative estimate of drug-likeness (QED) is 0.0120. The van der Waals surface area contributed by atoms with Crippen molar-refractivity contribution in [3.05, 3.63) is 256 Å². The van der Waals surface area contributed by atoms with E-state index in [1.165, 1.54) is 153 Å². The summed E-state index contributed by atoms with van der Waals surface area (Å²) in [5.41, 5.74) is 3.74. The number of methoxy groups -OCH3 is 2. The van der Waals surface area contributed by atoms with Gasteiger partial charge in [-0.3, -0.25) is 47.9 Å². The molecule has 8 aromatic carbocycles. The Hall–Kier alpha value is -12.1. The first-order chi connectivity index (χ1) is 61.2. The molecule has 128 heavy (non-hydrogen) atoms. The average Bonchev–Trinajstić information content (AvgIpc) is 1.59. The molecule has 4 N–H and O–H groups in total. The summed E-state index contributed by atoms with van der Waals surface area (Å²) in [5.74, 6) is -9.76. The van der Waals surface area contributed by atoms with Gasteiger partial charge in [-0.25, -0.2) is 40.1 Å². The molecule has 3 heterocycles. The van der Waals surface area contributed by atoms with Gasteiger partial charge < -0.3 is 49.8 Å². The van der Waals surface area contributed by atoms with Crippen LogP contribution in [0.3, 0.4) is 0 Å². The molecule has 3 aliphatic rings. The highest BCUT2D eigenvalue weighted by atomic mass is 35.5. The fourth-order valence-corrected chi connectivity index (χ4v) is 17.1. The second-order valence-corrected chi connectivity index (χ2v) is 36.8. The number of hydrogen-bond donors (Lipinski definition) is 4. The molecule has 2 saturated heterocycles. The van der Waals surface area contributed by atoms with Gasteiger partial charge in [0.2, 0.25) is 31.9 Å². The number of amides is 8. The number of nitrogens with zero attached hydrogens (tertiary/aromatic N) is 7. The second-order valence-electron chi connectivity index (χ2n) is 31.8. The van der Waals surface area contributed by atoms with Gasteiger partial charge in [0, 0.05) is 88.1 Å². The van der Waals surface area contributed by atoms with Crippen molar-refractivity contribution in [3.63, 3.8) is 0 Å². The SMILES string of the molecule is CCCCCCCCCCCCN(C)S(=O)(=O)c1ccc(Cl)c(NC(=O)C(C(=O)C2(C)CC2)C2C(=O)C(OCC)N(Cc3ccccc3)C2=O)c1.COc1cc(S(=O)(=O)N(C)C)ccc1NC(=O)C(C(=O)c1ccc(C)cc1)n1ccnc1C(=O)Nc1ccccc1.COc1ccc(C(=O)C(C(=O)Nc2cc(C)ccc2Cl)N2C(=O)CN(Cc3ccccc3)C2=O)cc1. The number of para-hydroxylation sites is 1. The third-order valence-corrected chi connectivity index (χ3v) is 26.5. The number of unbranched alkanes of at least 4 members (excludes halogenated alkanes) is 9. The summed E-state index contributed by atoms with van der Waals surface area (Å²) in [6.07, 6.45) is 13.8. The Bertz CT molecular complexity index is 5730. The largest absolute Gasteiger partial charge is 0.497 e. The number of ether oxygens (including phenoxy) is 3. The third kappa shape index (κ3) is 24.6. The van der Waals surface area contributed by atoms with Crippen molar-refractivity contribution in [1.82, 2.24) is 32.9 Å². The van der Waals surface area contributed by atoms with E-state index in [4.69, 9.17) is 37.4 Å². The molecule has 1 saturated carbocycles. The van der Waals surface area contributed by atoms with E-state index in [1.54, 1.807) is 98.8 Å². The van der Waals surface area contributed by atoms with Crippen LogP contribution in [0.15, 0.2) is 216 Å². The lowest BCUT2D eigenvalue weighted by molar-refractivity contribution is -0.146. The monoisotopic (exact) mass is 1820 g/mol. The van der Waals surface area contributed by atoms with Gasteiger partial charge in [0.1, 0.15) is 29.9 Å². The van der Waals surface area contributed by atoms with E-state index >= 15 is 0 Å². The maximum Gasteiger partial charge on any atom is 0.328 e. The number of hydrogen-bond acceptors (Lipinski definition) is 19. The van der Waals surface area contributed by atoms with Crippen LogP contribution in [0.4, 0.5) is 27.5 Å². The summed E-state index contributed by atoms with van der Waals surface area (Å²) >= 11 is 12.7. The van der Waals surface area contributed by atoms with Gasteiger partial charge in [0.25, 0.3) is 23.6 Å². The molecule has 9 aromatic rings. The van der Waals surface area contributed by atoms with E-state index in [1.807, 2.05) is 74.5 Å². The van der Waals surface area contributed by atoms with Crippen LogP contribution in [0.2, 0.25) is 10.0 Å². The Kier molecular flexibility index (Phi) is 34.5. The van der Waals surface area contributed by atoms with Crippen LogP contribution >= 0.6 is 23.2 Å². The van der Waals surface area contributed by atoms with Crippen molar-refractivity contribution < 1.29 is 83.8 Å². The molecular formula is C95H107Cl2N11O18S2. The molecule has 1 aliphatic carbocycles. The minimum Gasteiger partial charge on any atom is -0.497 e. The predicted octanol–water partition coefficient (Wildman–Crippen LogP) is 15.5. The van der Waals surface area contributed by atoms with Crippen LogP contribution in [-0.4, -0.2) is 182 Å². The van der Waals surface area contributed by atoms with Crippen molar-refractivity contribution in [2.24, 2.45) is 17.3 Å². The number of urea groups is 1. The highest BCUT2D eigenvalue weighted by molar-refractivity contribution is 7.89. The van der Waals surface area contributed by atoms with E-state index in [2.05, 4.69) is 33.2 Å². The molecule has 0 spiro atoms. The average molecular weight is 1830 g/mol. The van der Waals surface area contributed by atoms with Crippen LogP contribution < -0.4 is 30.7 Å². The Morgan fingerprint density at radius 3 is 1.66 bits per heavy atom. The number of halogens is 2. The molecule has 12 rings (SSSR count). The van der Waals surface area contributed by atoms with Gasteiger partial charge >= 0.3 is 6.03 Å². The Labute approximate surface area is 756 Å². The smallest absolute Gasteiger partial charge is 0.328 e. The van der Waals surface area contributed by atoms with E-state index < -0.39 is 120 Å². The number of benzene rings is 8. The van der Waals surface area contributed by atoms with E-state index in [9.17, 15) is 69.6 Å². The first-order valence-electron chi connectivity index (χ1n) is 42.1. The highest BCUT2D eigenvalue weighted by Gasteiger charge is 2.60. The zero-order chi connectivity index (χ0) is 92.7. The predicted molar refractivity (Wildman–Crippen MR) is 487 cm³/mol. The number of Topliss-reactive ketones (excluding diaryl/α,β-unsaturated/α-hetero) is 4. The van der Waals surface area contributed by atoms with Gasteiger partial charge in [0.05, 0.1) is 51.1 Å². The van der Waals surface area contributed by atoms with Crippen LogP contribution in [0, 0.1) is 31.1 Å². The van der Waals surface area contributed by atoms with Gasteiger partial charge in [0.15, 0.2) is 47.3 Å². The minimum atomic E-state index is -3.93. The molecule has 5 atom stereocenters. The van der Waals surface area contributed by atoms with Crippen molar-refractivity contribution >= 4 is 131 Å². The van der Waals surface area contributed by atoms with Gasteiger partial charge in [-0.2, -0.15) is 0 Å². The number of imide groups is 1. The van der Waals surface area contributed by atoms with Crippen molar-refractivity contribution in [2.75, 3.05) is 76.3 Å². The normalized spacial score (nSPS) is 15.4. The van der Waals surface area contributed by atoms with E-state index in [0.29, 0.717) is 30.8 Å². The van der Waals surface area contributed by atoms with E-state index in [0.717, 1.165) is 57.1 Å². The molecule has 0 bridgehead atoms. The van der Waals surface area contributed by atoms with Crippen molar-refractivity contribution in [3.8, 4) is 11.5 Å². The van der Waals surface area contributed by atoms with Crippen LogP contribution in [0.1, 0.15) is 157 Å². The standard InChI is InChI=1S/C39H54ClN3O7S.C29H29N5O6S.C27H24ClN3O5/c1-5-7-8-9-10-11-12-13-14-18-25-42(4)51(48,49)29-21-22-30(40)31(26-29)41-36(46)33(35(45)39(3)23-24-39)32-34(44)38(50-6-2)43(37(32)47)27-28-19-16-15-17-20-28;1-19-10-12-20(13-11-19)26(35)25(34-17-16-30-27(34)29(37)31-21-8-6-5-7-9-21)28(36)32-23-15-14-22(18-24(23)40-4)41(38,39)33(2)3;1-17-8-13-21(28)22(14-17)29-26(34)24(25(33)19-9-11-20(36-2)12-10-19)31-23(32)16-30(27(31)35)15-18-6-4-3-5-7-18/h15-17,19-22,26,32-33,38H,5-14,18,23-25,27H2,1-4H3,(H,41,46);5-18,25H,1-4H3,(H,31,37)(H,32,36);3-14,24H,15-16H2,1-2H3,(H,29,34). The molecule has 0 radical (unpaired) electrons. The molecule has 33 heteroatoms. The summed E-state index contributed by atoms with van der Waals surface area (Å²) in [6.45, 7) is 9.75. The summed E-state index contributed by atoms with van der Waals surface area (Å²) in [5, 5.41) is 10.9. The van der Waals surface area contributed by atoms with Crippen molar-refractivity contribution in [1.29, 1.82) is 0 Å². The summed E-state index contributed by atoms with van der Waals surface area (Å²) in [4.78, 5) is 157. The first kappa shape index (κ1) is 98.1. The molecule has 5 unspecified atom stereocenters. The Balaban J connectivity index is 0.000000203. The lowest BCUT2D eigenvalue weighted by Crippen LogP contribution is -2.52. The first-order valence-corrected chi connectivity index (χ1v) is 45.7. The lowest BCUT2D eigenvalue weighted by atomic mass is 9.80. The van der Waals surface area contributed by atoms with Crippen LogP contribution in [0.25, 0.3) is 0 Å². The topological polar surface area (TPSA) is 366 Å². The molecular weight excluding hydrogens is 1720 g/mol. The number of carbonyl (C=O) groups is 11. The maximum absolute atomic E-state index is 14.1. The Morgan fingerprint density at radius 2 is 1.08 bits per heavy atom. The molecule has 2 aliphatic heterocycles. The molecule has 29 nitrogen and oxygen atoms in total. The number of rotatable bonds is 40. The minimum absolute atomic E-state index is 0.0331. The number of anilines is 4. The second kappa shape index (κ2) is 45.1. The molecule has 676 valence electrons. The number of ketones is 4. The van der Waals surface area contributed by atoms with Crippen LogP contribution in [-0.2, 0) is 71.4 Å². The number of aryl methyl sites for hydroxylation is 2. The van der Waals surface area contributed by atoms with Crippen LogP contribution in [0.5, 0.6) is 11.5 Å². The number of carbonyl (C=O) groups excluding carboxylic acids is 11. The van der Waals surface area contributed by atoms with Crippen molar-refractivity contribution in [2.45, 2.75) is 153 Å². The third-order valence-electron chi connectivity index (χ3n) is 22.1. The summed E-state index contributed by atoms with van der Waals surface area (Å²) in [7, 11) is -0.570.